The summed E-state index contributed by atoms with van der Waals surface area (Å²) in [7, 11) is 0. The molecule has 0 bridgehead atoms. The van der Waals surface area contributed by atoms with Crippen LogP contribution in [0.15, 0.2) is 59.4 Å². The molecule has 1 N–H and O–H groups in total. The van der Waals surface area contributed by atoms with Crippen LogP contribution in [0.4, 0.5) is 10.1 Å². The van der Waals surface area contributed by atoms with Crippen LogP contribution in [0.5, 0.6) is 0 Å². The molecule has 2 amide bonds. The van der Waals surface area contributed by atoms with Gasteiger partial charge in [0.25, 0.3) is 11.5 Å². The Morgan fingerprint density at radius 2 is 1.76 bits per heavy atom. The van der Waals surface area contributed by atoms with Crippen LogP contribution in [0.25, 0.3) is 10.9 Å². The van der Waals surface area contributed by atoms with Crippen molar-refractivity contribution < 1.29 is 14.0 Å². The second-order valence-electron chi connectivity index (χ2n) is 6.54. The predicted molar refractivity (Wildman–Crippen MR) is 110 cm³/mol. The van der Waals surface area contributed by atoms with E-state index in [1.54, 1.807) is 35.2 Å². The number of fused-ring (bicyclic) bond motifs is 1. The van der Waals surface area contributed by atoms with Crippen LogP contribution in [-0.4, -0.2) is 34.4 Å². The van der Waals surface area contributed by atoms with E-state index in [1.165, 1.54) is 28.8 Å². The Bertz CT molecular complexity index is 1120. The highest BCUT2D eigenvalue weighted by Gasteiger charge is 2.19. The van der Waals surface area contributed by atoms with Gasteiger partial charge in [0.1, 0.15) is 12.4 Å². The molecule has 7 heteroatoms. The van der Waals surface area contributed by atoms with E-state index in [0.717, 1.165) is 0 Å². The van der Waals surface area contributed by atoms with Crippen molar-refractivity contribution in [1.29, 1.82) is 0 Å². The Morgan fingerprint density at radius 1 is 1.03 bits per heavy atom. The lowest BCUT2D eigenvalue weighted by molar-refractivity contribution is -0.116. The Balaban J connectivity index is 1.98. The van der Waals surface area contributed by atoms with Gasteiger partial charge in [0.05, 0.1) is 11.1 Å². The fourth-order valence-electron chi connectivity index (χ4n) is 3.27. The van der Waals surface area contributed by atoms with Crippen molar-refractivity contribution in [2.24, 2.45) is 0 Å². The van der Waals surface area contributed by atoms with Crippen LogP contribution in [0.2, 0.25) is 0 Å². The second-order valence-corrected chi connectivity index (χ2v) is 6.54. The minimum absolute atomic E-state index is 0.223. The summed E-state index contributed by atoms with van der Waals surface area (Å²) in [5, 5.41) is 3.18. The van der Waals surface area contributed by atoms with Crippen molar-refractivity contribution in [2.45, 2.75) is 20.4 Å². The maximum atomic E-state index is 13.3. The zero-order valence-electron chi connectivity index (χ0n) is 16.3. The summed E-state index contributed by atoms with van der Waals surface area (Å²) in [6, 6.07) is 13.8. The number of benzene rings is 2. The Kier molecular flexibility index (Phi) is 6.07. The number of hydrogen-bond donors (Lipinski definition) is 1. The van der Waals surface area contributed by atoms with E-state index in [1.807, 2.05) is 13.8 Å². The molecule has 29 heavy (non-hydrogen) atoms. The number of nitrogens with zero attached hydrogens (tertiary/aromatic N) is 2. The molecule has 3 aromatic rings. The van der Waals surface area contributed by atoms with Crippen molar-refractivity contribution in [1.82, 2.24) is 9.47 Å². The van der Waals surface area contributed by atoms with Crippen molar-refractivity contribution in [3.63, 3.8) is 0 Å². The number of hydrogen-bond acceptors (Lipinski definition) is 3. The highest BCUT2D eigenvalue weighted by molar-refractivity contribution is 6.06. The monoisotopic (exact) mass is 395 g/mol. The van der Waals surface area contributed by atoms with Gasteiger partial charge in [0.15, 0.2) is 0 Å². The number of carbonyl (C=O) groups is 2. The molecule has 0 fully saturated rings. The third-order valence-corrected chi connectivity index (χ3v) is 4.71. The summed E-state index contributed by atoms with van der Waals surface area (Å²) in [6.07, 6.45) is 0. The lowest BCUT2D eigenvalue weighted by atomic mass is 10.1. The highest BCUT2D eigenvalue weighted by Crippen LogP contribution is 2.19. The van der Waals surface area contributed by atoms with Gasteiger partial charge in [-0.25, -0.2) is 4.39 Å². The van der Waals surface area contributed by atoms with Gasteiger partial charge in [0, 0.05) is 30.2 Å². The molecule has 1 aromatic heterocycles. The average Bonchev–Trinajstić information content (AvgIpc) is 2.70. The summed E-state index contributed by atoms with van der Waals surface area (Å²) in [6.45, 7) is 4.56. The number of para-hydroxylation sites is 1. The van der Waals surface area contributed by atoms with Gasteiger partial charge >= 0.3 is 0 Å². The number of carbonyl (C=O) groups excluding carboxylic acids is 2. The highest BCUT2D eigenvalue weighted by atomic mass is 19.1. The first kappa shape index (κ1) is 20.3. The van der Waals surface area contributed by atoms with Crippen LogP contribution < -0.4 is 10.9 Å². The Morgan fingerprint density at radius 3 is 2.45 bits per heavy atom. The molecule has 0 unspecified atom stereocenters. The first-order valence-electron chi connectivity index (χ1n) is 9.41. The normalized spacial score (nSPS) is 10.7. The smallest absolute Gasteiger partial charge is 0.254 e. The number of anilines is 1. The summed E-state index contributed by atoms with van der Waals surface area (Å²) in [5.74, 6) is -1.16. The molecule has 0 spiro atoms. The number of nitrogens with one attached hydrogen (secondary N) is 1. The van der Waals surface area contributed by atoms with Crippen LogP contribution in [0.1, 0.15) is 24.2 Å². The first-order chi connectivity index (χ1) is 13.9. The summed E-state index contributed by atoms with van der Waals surface area (Å²) >= 11 is 0. The van der Waals surface area contributed by atoms with E-state index in [-0.39, 0.29) is 12.5 Å². The lowest BCUT2D eigenvalue weighted by Crippen LogP contribution is -2.33. The van der Waals surface area contributed by atoms with Gasteiger partial charge < -0.3 is 10.2 Å². The van der Waals surface area contributed by atoms with E-state index in [4.69, 9.17) is 0 Å². The number of halogens is 1. The molecule has 3 rings (SSSR count). The van der Waals surface area contributed by atoms with Gasteiger partial charge in [-0.3, -0.25) is 19.0 Å². The number of pyridine rings is 1. The zero-order chi connectivity index (χ0) is 21.0. The van der Waals surface area contributed by atoms with Crippen molar-refractivity contribution in [2.75, 3.05) is 18.4 Å². The summed E-state index contributed by atoms with van der Waals surface area (Å²) < 4.78 is 14.6. The van der Waals surface area contributed by atoms with E-state index < -0.39 is 17.3 Å². The molecule has 1 heterocycles. The van der Waals surface area contributed by atoms with Crippen molar-refractivity contribution in [3.05, 3.63) is 76.3 Å². The van der Waals surface area contributed by atoms with E-state index in [9.17, 15) is 18.8 Å². The molecule has 0 atom stereocenters. The van der Waals surface area contributed by atoms with Gasteiger partial charge in [-0.2, -0.15) is 0 Å². The van der Waals surface area contributed by atoms with Crippen LogP contribution in [0, 0.1) is 5.82 Å². The minimum Gasteiger partial charge on any atom is -0.339 e. The number of rotatable bonds is 6. The van der Waals surface area contributed by atoms with Crippen LogP contribution in [0.3, 0.4) is 0 Å². The molecule has 2 aromatic carbocycles. The van der Waals surface area contributed by atoms with E-state index >= 15 is 0 Å². The zero-order valence-corrected chi connectivity index (χ0v) is 16.3. The van der Waals surface area contributed by atoms with Crippen molar-refractivity contribution >= 4 is 28.4 Å². The fraction of sp³-hybridized carbons (Fsp3) is 0.227. The second kappa shape index (κ2) is 8.68. The molecule has 0 aliphatic rings. The predicted octanol–water partition coefficient (Wildman–Crippen LogP) is 3.26. The Hall–Kier alpha value is -3.48. The lowest BCUT2D eigenvalue weighted by Gasteiger charge is -2.20. The molecular formula is C22H22FN3O3. The van der Waals surface area contributed by atoms with Gasteiger partial charge in [-0.1, -0.05) is 24.3 Å². The number of aromatic nitrogens is 1. The summed E-state index contributed by atoms with van der Waals surface area (Å²) in [4.78, 5) is 39.7. The molecule has 6 nitrogen and oxygen atoms in total. The topological polar surface area (TPSA) is 71.4 Å². The standard InChI is InChI=1S/C22H22FN3O3/c1-3-25(4-2)22(29)18-13-21(28)26(19-11-6-5-10-17(18)19)14-20(27)24-16-9-7-8-15(23)12-16/h5-13H,3-4,14H2,1-2H3,(H,24,27). The summed E-state index contributed by atoms with van der Waals surface area (Å²) in [5.41, 5.74) is 0.662. The average molecular weight is 395 g/mol. The van der Waals surface area contributed by atoms with Crippen molar-refractivity contribution in [3.8, 4) is 0 Å². The molecule has 150 valence electrons. The molecule has 0 aliphatic carbocycles. The van der Waals surface area contributed by atoms with Gasteiger partial charge in [-0.15, -0.1) is 0 Å². The number of amides is 2. The minimum atomic E-state index is -0.468. The van der Waals surface area contributed by atoms with E-state index in [2.05, 4.69) is 5.32 Å². The first-order valence-corrected chi connectivity index (χ1v) is 9.41. The van der Waals surface area contributed by atoms with Crippen LogP contribution in [-0.2, 0) is 11.3 Å². The molecule has 0 saturated heterocycles. The van der Waals surface area contributed by atoms with E-state index in [0.29, 0.717) is 35.2 Å². The molecule has 0 radical (unpaired) electrons. The van der Waals surface area contributed by atoms with Crippen LogP contribution >= 0.6 is 0 Å². The van der Waals surface area contributed by atoms with Gasteiger partial charge in [-0.05, 0) is 38.1 Å². The third-order valence-electron chi connectivity index (χ3n) is 4.71. The Labute approximate surface area is 167 Å². The maximum absolute atomic E-state index is 13.3. The largest absolute Gasteiger partial charge is 0.339 e. The quantitative estimate of drug-likeness (QED) is 0.696. The maximum Gasteiger partial charge on any atom is 0.254 e. The SMILES string of the molecule is CCN(CC)C(=O)c1cc(=O)n(CC(=O)Nc2cccc(F)c2)c2ccccc12. The third kappa shape index (κ3) is 4.34. The fourth-order valence-corrected chi connectivity index (χ4v) is 3.27. The molecule has 0 aliphatic heterocycles. The molecule has 0 saturated carbocycles. The molecular weight excluding hydrogens is 373 g/mol. The van der Waals surface area contributed by atoms with Gasteiger partial charge in [0.2, 0.25) is 5.91 Å².